The molecule has 0 aliphatic carbocycles. The fourth-order valence-corrected chi connectivity index (χ4v) is 3.85. The monoisotopic (exact) mass is 325 g/mol. The van der Waals surface area contributed by atoms with E-state index in [-0.39, 0.29) is 22.7 Å². The lowest BCUT2D eigenvalue weighted by Gasteiger charge is -2.22. The minimum Gasteiger partial charge on any atom is -0.330 e. The molecule has 0 radical (unpaired) electrons. The highest BCUT2D eigenvalue weighted by Gasteiger charge is 2.39. The Morgan fingerprint density at radius 3 is 2.74 bits per heavy atom. The van der Waals surface area contributed by atoms with E-state index in [0.29, 0.717) is 24.7 Å². The molecule has 1 aliphatic rings. The predicted octanol–water partition coefficient (Wildman–Crippen LogP) is 1.52. The van der Waals surface area contributed by atoms with Crippen LogP contribution in [0.4, 0.5) is 0 Å². The lowest BCUT2D eigenvalue weighted by Crippen LogP contribution is -2.34. The topological polar surface area (TPSA) is 76.3 Å². The van der Waals surface area contributed by atoms with Crippen molar-refractivity contribution in [2.45, 2.75) is 18.2 Å². The SMILES string of the molecule is CC1(CN)CCN(S(=O)(=O)c2cncc(Cl)c2)C1.Cl. The number of nitrogens with two attached hydrogens (primary N) is 1. The highest BCUT2D eigenvalue weighted by molar-refractivity contribution is 7.89. The van der Waals surface area contributed by atoms with Crippen molar-refractivity contribution in [3.8, 4) is 0 Å². The van der Waals surface area contributed by atoms with Crippen LogP contribution in [0.5, 0.6) is 0 Å². The van der Waals surface area contributed by atoms with Gasteiger partial charge in [-0.2, -0.15) is 4.31 Å². The second-order valence-corrected chi connectivity index (χ2v) is 7.32. The Morgan fingerprint density at radius 1 is 1.53 bits per heavy atom. The molecule has 1 fully saturated rings. The minimum atomic E-state index is -3.51. The number of hydrogen-bond acceptors (Lipinski definition) is 4. The molecule has 0 saturated carbocycles. The van der Waals surface area contributed by atoms with Crippen molar-refractivity contribution in [2.75, 3.05) is 19.6 Å². The average Bonchev–Trinajstić information content (AvgIpc) is 2.73. The summed E-state index contributed by atoms with van der Waals surface area (Å²) in [4.78, 5) is 3.95. The van der Waals surface area contributed by atoms with E-state index in [4.69, 9.17) is 17.3 Å². The lowest BCUT2D eigenvalue weighted by atomic mass is 9.90. The van der Waals surface area contributed by atoms with Crippen LogP contribution in [0.2, 0.25) is 5.02 Å². The molecule has 19 heavy (non-hydrogen) atoms. The van der Waals surface area contributed by atoms with Gasteiger partial charge in [0, 0.05) is 25.5 Å². The zero-order valence-corrected chi connectivity index (χ0v) is 12.9. The van der Waals surface area contributed by atoms with E-state index in [9.17, 15) is 8.42 Å². The number of nitrogens with zero attached hydrogens (tertiary/aromatic N) is 2. The number of halogens is 2. The van der Waals surface area contributed by atoms with Crippen molar-refractivity contribution < 1.29 is 8.42 Å². The molecular weight excluding hydrogens is 309 g/mol. The highest BCUT2D eigenvalue weighted by Crippen LogP contribution is 2.32. The molecule has 0 bridgehead atoms. The first kappa shape index (κ1) is 16.7. The molecule has 2 heterocycles. The Kier molecular flexibility index (Phi) is 5.20. The van der Waals surface area contributed by atoms with Crippen molar-refractivity contribution in [3.63, 3.8) is 0 Å². The van der Waals surface area contributed by atoms with Crippen LogP contribution in [0.15, 0.2) is 23.4 Å². The van der Waals surface area contributed by atoms with Gasteiger partial charge in [-0.1, -0.05) is 18.5 Å². The summed E-state index contributed by atoms with van der Waals surface area (Å²) in [6, 6.07) is 1.42. The van der Waals surface area contributed by atoms with Crippen molar-refractivity contribution in [2.24, 2.45) is 11.1 Å². The summed E-state index contributed by atoms with van der Waals surface area (Å²) >= 11 is 5.78. The van der Waals surface area contributed by atoms with Crippen LogP contribution in [-0.4, -0.2) is 37.3 Å². The van der Waals surface area contributed by atoms with Crippen LogP contribution in [0.25, 0.3) is 0 Å². The summed E-state index contributed by atoms with van der Waals surface area (Å²) in [5.41, 5.74) is 5.54. The van der Waals surface area contributed by atoms with Gasteiger partial charge in [-0.3, -0.25) is 4.98 Å². The third-order valence-electron chi connectivity index (χ3n) is 3.33. The van der Waals surface area contributed by atoms with E-state index >= 15 is 0 Å². The highest BCUT2D eigenvalue weighted by atomic mass is 35.5. The molecule has 2 N–H and O–H groups in total. The predicted molar refractivity (Wildman–Crippen MR) is 77.0 cm³/mol. The van der Waals surface area contributed by atoms with Gasteiger partial charge in [-0.25, -0.2) is 8.42 Å². The molecule has 0 spiro atoms. The van der Waals surface area contributed by atoms with E-state index in [0.717, 1.165) is 6.42 Å². The maximum atomic E-state index is 12.4. The lowest BCUT2D eigenvalue weighted by molar-refractivity contribution is 0.349. The van der Waals surface area contributed by atoms with E-state index in [2.05, 4.69) is 4.98 Å². The van der Waals surface area contributed by atoms with E-state index in [1.807, 2.05) is 6.92 Å². The zero-order valence-electron chi connectivity index (χ0n) is 10.5. The molecule has 1 saturated heterocycles. The molecule has 1 aromatic rings. The second-order valence-electron chi connectivity index (χ2n) is 4.94. The Labute approximate surface area is 124 Å². The van der Waals surface area contributed by atoms with Gasteiger partial charge in [0.05, 0.1) is 5.02 Å². The summed E-state index contributed by atoms with van der Waals surface area (Å²) in [5, 5.41) is 0.317. The fourth-order valence-electron chi connectivity index (χ4n) is 2.03. The summed E-state index contributed by atoms with van der Waals surface area (Å²) in [5.74, 6) is 0. The van der Waals surface area contributed by atoms with E-state index < -0.39 is 10.0 Å². The van der Waals surface area contributed by atoms with Crippen molar-refractivity contribution in [3.05, 3.63) is 23.5 Å². The third-order valence-corrected chi connectivity index (χ3v) is 5.35. The number of rotatable bonds is 3. The molecule has 8 heteroatoms. The molecule has 0 amide bonds. The second kappa shape index (κ2) is 5.93. The van der Waals surface area contributed by atoms with E-state index in [1.54, 1.807) is 0 Å². The Balaban J connectivity index is 0.00000180. The van der Waals surface area contributed by atoms with E-state index in [1.165, 1.54) is 22.8 Å². The summed E-state index contributed by atoms with van der Waals surface area (Å²) in [6.07, 6.45) is 3.50. The van der Waals surface area contributed by atoms with Gasteiger partial charge in [-0.05, 0) is 24.4 Å². The van der Waals surface area contributed by atoms with Gasteiger partial charge in [0.1, 0.15) is 4.90 Å². The number of sulfonamides is 1. The van der Waals surface area contributed by atoms with Crippen LogP contribution in [0, 0.1) is 5.41 Å². The van der Waals surface area contributed by atoms with Gasteiger partial charge in [0.25, 0.3) is 0 Å². The van der Waals surface area contributed by atoms with Crippen LogP contribution >= 0.6 is 24.0 Å². The first-order valence-corrected chi connectivity index (χ1v) is 7.50. The first-order valence-electron chi connectivity index (χ1n) is 5.68. The summed E-state index contributed by atoms with van der Waals surface area (Å²) in [6.45, 7) is 3.41. The quantitative estimate of drug-likeness (QED) is 0.914. The molecule has 0 aromatic carbocycles. The minimum absolute atomic E-state index is 0. The molecule has 1 atom stereocenters. The van der Waals surface area contributed by atoms with Gasteiger partial charge in [-0.15, -0.1) is 12.4 Å². The number of aromatic nitrogens is 1. The van der Waals surface area contributed by atoms with Gasteiger partial charge >= 0.3 is 0 Å². The number of hydrogen-bond donors (Lipinski definition) is 1. The Hall–Kier alpha value is -0.400. The first-order chi connectivity index (χ1) is 8.37. The fraction of sp³-hybridized carbons (Fsp3) is 0.545. The van der Waals surface area contributed by atoms with Crippen molar-refractivity contribution in [1.29, 1.82) is 0 Å². The summed E-state index contributed by atoms with van der Waals surface area (Å²) < 4.78 is 26.2. The summed E-state index contributed by atoms with van der Waals surface area (Å²) in [7, 11) is -3.51. The smallest absolute Gasteiger partial charge is 0.244 e. The molecule has 5 nitrogen and oxygen atoms in total. The van der Waals surface area contributed by atoms with Crippen LogP contribution in [0.3, 0.4) is 0 Å². The molecule has 1 aromatic heterocycles. The van der Waals surface area contributed by atoms with Crippen molar-refractivity contribution in [1.82, 2.24) is 9.29 Å². The van der Waals surface area contributed by atoms with Crippen molar-refractivity contribution >= 4 is 34.0 Å². The molecule has 2 rings (SSSR count). The maximum absolute atomic E-state index is 12.4. The molecular formula is C11H17Cl2N3O2S. The molecule has 108 valence electrons. The van der Waals surface area contributed by atoms with Gasteiger partial charge in [0.15, 0.2) is 0 Å². The Bertz CT molecular complexity index is 553. The largest absolute Gasteiger partial charge is 0.330 e. The Morgan fingerprint density at radius 2 is 2.21 bits per heavy atom. The third kappa shape index (κ3) is 3.38. The number of pyridine rings is 1. The molecule has 1 aliphatic heterocycles. The maximum Gasteiger partial charge on any atom is 0.244 e. The standard InChI is InChI=1S/C11H16ClN3O2S.ClH/c1-11(7-13)2-3-15(8-11)18(16,17)10-4-9(12)5-14-6-10;/h4-6H,2-3,7-8,13H2,1H3;1H. The van der Waals surface area contributed by atoms with Crippen LogP contribution in [-0.2, 0) is 10.0 Å². The normalized spacial score (nSPS) is 24.2. The average molecular weight is 326 g/mol. The molecule has 1 unspecified atom stereocenters. The van der Waals surface area contributed by atoms with Gasteiger partial charge in [0.2, 0.25) is 10.0 Å². The van der Waals surface area contributed by atoms with Gasteiger partial charge < -0.3 is 5.73 Å². The zero-order chi connectivity index (χ0) is 13.4. The van der Waals surface area contributed by atoms with Crippen LogP contribution in [0.1, 0.15) is 13.3 Å². The van der Waals surface area contributed by atoms with Crippen LogP contribution < -0.4 is 5.73 Å².